The number of nitrogens with one attached hydrogen (secondary N) is 2. The Bertz CT molecular complexity index is 1030. The molecular weight excluding hydrogens is 433 g/mol. The Kier molecular flexibility index (Phi) is 9.41. The molecule has 3 rings (SSSR count). The number of anilines is 1. The van der Waals surface area contributed by atoms with E-state index in [2.05, 4.69) is 20.5 Å². The minimum absolute atomic E-state index is 0.0586. The fourth-order valence-corrected chi connectivity index (χ4v) is 4.28. The second kappa shape index (κ2) is 12.7. The second-order valence-electron chi connectivity index (χ2n) is 8.56. The molecule has 0 aromatic heterocycles. The van der Waals surface area contributed by atoms with Gasteiger partial charge in [-0.25, -0.2) is 4.39 Å². The van der Waals surface area contributed by atoms with Crippen LogP contribution in [-0.2, 0) is 6.42 Å². The van der Waals surface area contributed by atoms with Gasteiger partial charge < -0.3 is 15.0 Å². The number of likely N-dealkylation sites (tertiary alicyclic amines) is 1. The van der Waals surface area contributed by atoms with Crippen molar-refractivity contribution in [2.45, 2.75) is 32.6 Å². The van der Waals surface area contributed by atoms with Crippen LogP contribution in [0.5, 0.6) is 5.75 Å². The van der Waals surface area contributed by atoms with E-state index in [0.717, 1.165) is 38.9 Å². The van der Waals surface area contributed by atoms with Gasteiger partial charge in [-0.1, -0.05) is 12.1 Å². The lowest BCUT2D eigenvalue weighted by Crippen LogP contribution is -2.37. The Morgan fingerprint density at radius 2 is 2.09 bits per heavy atom. The molecule has 180 valence electrons. The van der Waals surface area contributed by atoms with Crippen LogP contribution in [0.2, 0.25) is 0 Å². The van der Waals surface area contributed by atoms with Crippen molar-refractivity contribution >= 4 is 17.4 Å². The van der Waals surface area contributed by atoms with E-state index in [0.29, 0.717) is 35.4 Å². The summed E-state index contributed by atoms with van der Waals surface area (Å²) < 4.78 is 18.5. The van der Waals surface area contributed by atoms with E-state index in [4.69, 9.17) is 10.00 Å². The van der Waals surface area contributed by atoms with Crippen molar-refractivity contribution in [3.63, 3.8) is 0 Å². The minimum Gasteiger partial charge on any atom is -0.495 e. The maximum absolute atomic E-state index is 13.1. The molecule has 0 bridgehead atoms. The number of hydrogen-bond acceptors (Lipinski definition) is 5. The van der Waals surface area contributed by atoms with E-state index in [1.165, 1.54) is 31.0 Å². The highest BCUT2D eigenvalue weighted by atomic mass is 19.1. The van der Waals surface area contributed by atoms with Crippen LogP contribution in [0.4, 0.5) is 10.1 Å². The summed E-state index contributed by atoms with van der Waals surface area (Å²) in [6.07, 6.45) is 6.07. The molecule has 1 unspecified atom stereocenters. The van der Waals surface area contributed by atoms with Crippen LogP contribution >= 0.6 is 0 Å². The van der Waals surface area contributed by atoms with Crippen LogP contribution in [0.25, 0.3) is 0 Å². The van der Waals surface area contributed by atoms with Gasteiger partial charge in [-0.3, -0.25) is 15.1 Å². The summed E-state index contributed by atoms with van der Waals surface area (Å²) in [5.41, 5.74) is 2.29. The number of benzene rings is 2. The summed E-state index contributed by atoms with van der Waals surface area (Å²) in [7, 11) is 1.55. The molecule has 2 aromatic carbocycles. The summed E-state index contributed by atoms with van der Waals surface area (Å²) in [5.74, 6) is 1.18. The number of aliphatic imine (C=N–C) groups is 1. The molecular formula is C26H32FN5O2. The number of rotatable bonds is 9. The van der Waals surface area contributed by atoms with Crippen molar-refractivity contribution in [3.05, 3.63) is 59.4 Å². The molecule has 0 aliphatic carbocycles. The highest BCUT2D eigenvalue weighted by molar-refractivity contribution is 5.99. The molecule has 7 nitrogen and oxygen atoms in total. The van der Waals surface area contributed by atoms with E-state index in [9.17, 15) is 9.18 Å². The number of ketones is 1. The molecule has 1 fully saturated rings. The third kappa shape index (κ3) is 7.56. The molecule has 1 saturated heterocycles. The Morgan fingerprint density at radius 3 is 2.79 bits per heavy atom. The highest BCUT2D eigenvalue weighted by Crippen LogP contribution is 2.26. The Morgan fingerprint density at radius 1 is 1.29 bits per heavy atom. The minimum atomic E-state index is -0.195. The molecule has 2 aromatic rings. The normalized spacial score (nSPS) is 16.5. The quantitative estimate of drug-likeness (QED) is 0.144. The number of halogens is 1. The molecule has 0 amide bonds. The standard InChI is InChI=1S/C26H32FN5O2/c1-19(33)22-8-11-25(34-2)24(16-22)31-26(30-18-28)29-12-4-14-32-13-3-5-21(17-32)15-20-6-9-23(27)10-7-20/h6-11,16,21H,3-5,12-15,17H2,1-2H3,(H2,29,30,31). The molecule has 1 aliphatic rings. The lowest BCUT2D eigenvalue weighted by molar-refractivity contribution is 0.101. The van der Waals surface area contributed by atoms with Crippen molar-refractivity contribution < 1.29 is 13.9 Å². The van der Waals surface area contributed by atoms with Crippen LogP contribution in [0.3, 0.4) is 0 Å². The van der Waals surface area contributed by atoms with Crippen molar-refractivity contribution in [2.75, 3.05) is 38.6 Å². The number of ether oxygens (including phenoxy) is 1. The van der Waals surface area contributed by atoms with Crippen LogP contribution in [0, 0.1) is 23.2 Å². The molecule has 0 radical (unpaired) electrons. The molecule has 1 heterocycles. The summed E-state index contributed by atoms with van der Waals surface area (Å²) in [4.78, 5) is 18.7. The van der Waals surface area contributed by atoms with Gasteiger partial charge in [0.15, 0.2) is 12.0 Å². The van der Waals surface area contributed by atoms with Gasteiger partial charge >= 0.3 is 0 Å². The van der Waals surface area contributed by atoms with Gasteiger partial charge in [0.1, 0.15) is 11.6 Å². The van der Waals surface area contributed by atoms with Crippen LogP contribution in [0.15, 0.2) is 47.5 Å². The predicted molar refractivity (Wildman–Crippen MR) is 132 cm³/mol. The number of carbonyl (C=O) groups excluding carboxylic acids is 1. The maximum Gasteiger partial charge on any atom is 0.209 e. The van der Waals surface area contributed by atoms with Crippen LogP contribution < -0.4 is 15.4 Å². The topological polar surface area (TPSA) is 89.8 Å². The lowest BCUT2D eigenvalue weighted by atomic mass is 9.91. The van der Waals surface area contributed by atoms with E-state index in [1.807, 2.05) is 18.3 Å². The average Bonchev–Trinajstić information content (AvgIpc) is 2.83. The Hall–Kier alpha value is -3.44. The number of hydrogen-bond donors (Lipinski definition) is 2. The largest absolute Gasteiger partial charge is 0.495 e. The summed E-state index contributed by atoms with van der Waals surface area (Å²) in [6.45, 7) is 5.06. The number of carbonyl (C=O) groups is 1. The summed E-state index contributed by atoms with van der Waals surface area (Å²) in [5, 5.41) is 14.8. The van der Waals surface area contributed by atoms with Gasteiger partial charge in [0.25, 0.3) is 0 Å². The van der Waals surface area contributed by atoms with Gasteiger partial charge in [0, 0.05) is 18.7 Å². The number of piperidine rings is 1. The zero-order chi connectivity index (χ0) is 24.3. The van der Waals surface area contributed by atoms with Gasteiger partial charge in [0.2, 0.25) is 5.96 Å². The van der Waals surface area contributed by atoms with Crippen molar-refractivity contribution in [3.8, 4) is 11.9 Å². The SMILES string of the molecule is COc1ccc(C(C)=O)cc1NC(=NCCCN1CCCC(Cc2ccc(F)cc2)C1)NC#N. The summed E-state index contributed by atoms with van der Waals surface area (Å²) in [6, 6.07) is 11.9. The van der Waals surface area contributed by atoms with E-state index in [1.54, 1.807) is 25.3 Å². The number of methoxy groups -OCH3 is 1. The molecule has 0 spiro atoms. The number of nitriles is 1. The first-order chi connectivity index (χ1) is 16.5. The van der Waals surface area contributed by atoms with E-state index >= 15 is 0 Å². The Balaban J connectivity index is 1.52. The predicted octanol–water partition coefficient (Wildman–Crippen LogP) is 4.22. The second-order valence-corrected chi connectivity index (χ2v) is 8.56. The zero-order valence-electron chi connectivity index (χ0n) is 19.8. The van der Waals surface area contributed by atoms with Crippen LogP contribution in [0.1, 0.15) is 42.1 Å². The average molecular weight is 466 g/mol. The smallest absolute Gasteiger partial charge is 0.209 e. The number of guanidine groups is 1. The van der Waals surface area contributed by atoms with Crippen molar-refractivity contribution in [1.29, 1.82) is 5.26 Å². The Labute approximate surface area is 200 Å². The third-order valence-corrected chi connectivity index (χ3v) is 5.98. The van der Waals surface area contributed by atoms with Gasteiger partial charge in [0.05, 0.1) is 12.8 Å². The number of nitrogens with zero attached hydrogens (tertiary/aromatic N) is 3. The van der Waals surface area contributed by atoms with Gasteiger partial charge in [-0.05, 0) is 87.5 Å². The van der Waals surface area contributed by atoms with Crippen LogP contribution in [-0.4, -0.2) is 49.9 Å². The lowest BCUT2D eigenvalue weighted by Gasteiger charge is -2.32. The van der Waals surface area contributed by atoms with Crippen molar-refractivity contribution in [1.82, 2.24) is 10.2 Å². The molecule has 34 heavy (non-hydrogen) atoms. The maximum atomic E-state index is 13.1. The number of Topliss-reactive ketones (excluding diaryl/α,β-unsaturated/α-hetero) is 1. The van der Waals surface area contributed by atoms with Crippen molar-refractivity contribution in [2.24, 2.45) is 10.9 Å². The first-order valence-corrected chi connectivity index (χ1v) is 11.6. The molecule has 1 atom stereocenters. The molecule has 8 heteroatoms. The van der Waals surface area contributed by atoms with E-state index < -0.39 is 0 Å². The first-order valence-electron chi connectivity index (χ1n) is 11.6. The first kappa shape index (κ1) is 25.2. The molecule has 2 N–H and O–H groups in total. The molecule has 1 aliphatic heterocycles. The summed E-state index contributed by atoms with van der Waals surface area (Å²) >= 11 is 0. The fraction of sp³-hybridized carbons (Fsp3) is 0.423. The van der Waals surface area contributed by atoms with Gasteiger partial charge in [-0.15, -0.1) is 0 Å². The van der Waals surface area contributed by atoms with Gasteiger partial charge in [-0.2, -0.15) is 5.26 Å². The molecule has 0 saturated carbocycles. The zero-order valence-corrected chi connectivity index (χ0v) is 19.8. The third-order valence-electron chi connectivity index (χ3n) is 5.98. The monoisotopic (exact) mass is 465 g/mol. The highest BCUT2D eigenvalue weighted by Gasteiger charge is 2.20. The fourth-order valence-electron chi connectivity index (χ4n) is 4.28. The van der Waals surface area contributed by atoms with E-state index in [-0.39, 0.29) is 11.6 Å².